The SMILES string of the molecule is CCC1(NC(=O)C2(C(N)=S)CCCCCC2)CCC1. The Morgan fingerprint density at radius 1 is 1.11 bits per heavy atom. The van der Waals surface area contributed by atoms with Crippen molar-refractivity contribution >= 4 is 23.1 Å². The molecule has 0 aromatic rings. The van der Waals surface area contributed by atoms with E-state index in [1.165, 1.54) is 19.3 Å². The molecule has 0 heterocycles. The van der Waals surface area contributed by atoms with Crippen molar-refractivity contribution in [2.45, 2.75) is 76.7 Å². The van der Waals surface area contributed by atoms with Crippen LogP contribution in [0.4, 0.5) is 0 Å². The van der Waals surface area contributed by atoms with Gasteiger partial charge >= 0.3 is 0 Å². The Morgan fingerprint density at radius 3 is 2.05 bits per heavy atom. The van der Waals surface area contributed by atoms with Crippen LogP contribution in [0.1, 0.15) is 71.1 Å². The van der Waals surface area contributed by atoms with Crippen LogP contribution in [0.5, 0.6) is 0 Å². The van der Waals surface area contributed by atoms with Gasteiger partial charge in [-0.25, -0.2) is 0 Å². The molecule has 2 rings (SSSR count). The van der Waals surface area contributed by atoms with Crippen LogP contribution in [0.2, 0.25) is 0 Å². The highest BCUT2D eigenvalue weighted by Gasteiger charge is 2.46. The average Bonchev–Trinajstić information content (AvgIpc) is 2.60. The molecule has 1 amide bonds. The summed E-state index contributed by atoms with van der Waals surface area (Å²) < 4.78 is 0. The van der Waals surface area contributed by atoms with Crippen LogP contribution in [-0.2, 0) is 4.79 Å². The first kappa shape index (κ1) is 14.8. The lowest BCUT2D eigenvalue weighted by Gasteiger charge is -2.44. The van der Waals surface area contributed by atoms with Crippen molar-refractivity contribution in [2.24, 2.45) is 11.1 Å². The Hall–Kier alpha value is -0.640. The topological polar surface area (TPSA) is 55.1 Å². The Balaban J connectivity index is 2.14. The third-order valence-corrected chi connectivity index (χ3v) is 5.62. The Labute approximate surface area is 121 Å². The Kier molecular flexibility index (Phi) is 4.49. The number of hydrogen-bond acceptors (Lipinski definition) is 2. The molecule has 3 N–H and O–H groups in total. The number of rotatable bonds is 4. The Bertz CT molecular complexity index is 350. The van der Waals surface area contributed by atoms with Crippen LogP contribution in [0.3, 0.4) is 0 Å². The van der Waals surface area contributed by atoms with E-state index in [9.17, 15) is 4.79 Å². The molecule has 108 valence electrons. The highest BCUT2D eigenvalue weighted by atomic mass is 32.1. The van der Waals surface area contributed by atoms with Gasteiger partial charge in [0.2, 0.25) is 5.91 Å². The van der Waals surface area contributed by atoms with Crippen molar-refractivity contribution in [3.05, 3.63) is 0 Å². The first-order chi connectivity index (χ1) is 9.05. The summed E-state index contributed by atoms with van der Waals surface area (Å²) in [5, 5.41) is 3.29. The second-order valence-corrected chi connectivity index (χ2v) is 6.74. The van der Waals surface area contributed by atoms with Crippen molar-refractivity contribution in [1.29, 1.82) is 0 Å². The molecule has 0 spiro atoms. The number of nitrogens with two attached hydrogens (primary N) is 1. The zero-order valence-corrected chi connectivity index (χ0v) is 12.8. The molecule has 0 aromatic carbocycles. The molecule has 3 nitrogen and oxygen atoms in total. The van der Waals surface area contributed by atoms with Gasteiger partial charge < -0.3 is 11.1 Å². The zero-order valence-electron chi connectivity index (χ0n) is 12.0. The molecule has 19 heavy (non-hydrogen) atoms. The molecule has 0 radical (unpaired) electrons. The minimum Gasteiger partial charge on any atom is -0.392 e. The van der Waals surface area contributed by atoms with Crippen molar-refractivity contribution < 1.29 is 4.79 Å². The van der Waals surface area contributed by atoms with Crippen LogP contribution in [0, 0.1) is 5.41 Å². The summed E-state index contributed by atoms with van der Waals surface area (Å²) in [6.45, 7) is 2.15. The molecule has 2 aliphatic carbocycles. The summed E-state index contributed by atoms with van der Waals surface area (Å²) >= 11 is 5.26. The van der Waals surface area contributed by atoms with E-state index in [-0.39, 0.29) is 11.4 Å². The molecule has 0 unspecified atom stereocenters. The van der Waals surface area contributed by atoms with E-state index in [1.807, 2.05) is 0 Å². The molecule has 0 aliphatic heterocycles. The van der Waals surface area contributed by atoms with Gasteiger partial charge in [0.25, 0.3) is 0 Å². The average molecular weight is 282 g/mol. The number of carbonyl (C=O) groups is 1. The van der Waals surface area contributed by atoms with E-state index >= 15 is 0 Å². The maximum absolute atomic E-state index is 12.8. The molecule has 0 saturated heterocycles. The lowest BCUT2D eigenvalue weighted by Crippen LogP contribution is -2.59. The molecule has 0 atom stereocenters. The maximum atomic E-state index is 12.8. The van der Waals surface area contributed by atoms with Crippen LogP contribution < -0.4 is 11.1 Å². The van der Waals surface area contributed by atoms with Crippen molar-refractivity contribution in [3.63, 3.8) is 0 Å². The summed E-state index contributed by atoms with van der Waals surface area (Å²) in [5.74, 6) is 0.100. The van der Waals surface area contributed by atoms with E-state index in [1.54, 1.807) is 0 Å². The summed E-state index contributed by atoms with van der Waals surface area (Å²) in [6, 6.07) is 0. The number of nitrogens with one attached hydrogen (secondary N) is 1. The smallest absolute Gasteiger partial charge is 0.233 e. The minimum absolute atomic E-state index is 0.0289. The lowest BCUT2D eigenvalue weighted by atomic mass is 9.72. The first-order valence-corrected chi connectivity index (χ1v) is 8.08. The highest BCUT2D eigenvalue weighted by molar-refractivity contribution is 7.80. The first-order valence-electron chi connectivity index (χ1n) is 7.67. The van der Waals surface area contributed by atoms with Gasteiger partial charge in [-0.05, 0) is 38.5 Å². The van der Waals surface area contributed by atoms with Crippen LogP contribution in [0.15, 0.2) is 0 Å². The van der Waals surface area contributed by atoms with E-state index in [2.05, 4.69) is 12.2 Å². The van der Waals surface area contributed by atoms with Gasteiger partial charge in [0.15, 0.2) is 0 Å². The quantitative estimate of drug-likeness (QED) is 0.615. The Morgan fingerprint density at radius 2 is 1.68 bits per heavy atom. The summed E-state index contributed by atoms with van der Waals surface area (Å²) in [5.41, 5.74) is 5.41. The number of hydrogen-bond donors (Lipinski definition) is 2. The molecular weight excluding hydrogens is 256 g/mol. The number of carbonyl (C=O) groups excluding carboxylic acids is 1. The fourth-order valence-electron chi connectivity index (χ4n) is 3.45. The predicted octanol–water partition coefficient (Wildman–Crippen LogP) is 3.06. The fourth-order valence-corrected chi connectivity index (χ4v) is 3.75. The van der Waals surface area contributed by atoms with Gasteiger partial charge in [0.1, 0.15) is 0 Å². The lowest BCUT2D eigenvalue weighted by molar-refractivity contribution is -0.131. The molecule has 0 bridgehead atoms. The number of amides is 1. The van der Waals surface area contributed by atoms with Crippen LogP contribution in [-0.4, -0.2) is 16.4 Å². The molecule has 2 aliphatic rings. The monoisotopic (exact) mass is 282 g/mol. The van der Waals surface area contributed by atoms with E-state index < -0.39 is 5.41 Å². The van der Waals surface area contributed by atoms with Crippen molar-refractivity contribution in [2.75, 3.05) is 0 Å². The molecule has 2 saturated carbocycles. The molecule has 0 aromatic heterocycles. The standard InChI is InChI=1S/C15H26N2OS/c1-2-14(8-7-9-14)17-13(18)15(12(16)19)10-5-3-4-6-11-15/h2-11H2,1H3,(H2,16,19)(H,17,18). The molecule has 2 fully saturated rings. The maximum Gasteiger partial charge on any atom is 0.233 e. The van der Waals surface area contributed by atoms with E-state index in [0.717, 1.165) is 44.9 Å². The van der Waals surface area contributed by atoms with E-state index in [4.69, 9.17) is 18.0 Å². The van der Waals surface area contributed by atoms with Crippen LogP contribution in [0.25, 0.3) is 0 Å². The third kappa shape index (κ3) is 2.78. The van der Waals surface area contributed by atoms with Gasteiger partial charge in [-0.15, -0.1) is 0 Å². The summed E-state index contributed by atoms with van der Waals surface area (Å²) in [4.78, 5) is 13.2. The minimum atomic E-state index is -0.580. The van der Waals surface area contributed by atoms with Gasteiger partial charge in [-0.2, -0.15) is 0 Å². The molecular formula is C15H26N2OS. The number of thiocarbonyl (C=S) groups is 1. The van der Waals surface area contributed by atoms with Crippen molar-refractivity contribution in [3.8, 4) is 0 Å². The van der Waals surface area contributed by atoms with Gasteiger partial charge in [0.05, 0.1) is 10.4 Å². The van der Waals surface area contributed by atoms with Gasteiger partial charge in [-0.1, -0.05) is 44.8 Å². The second kappa shape index (κ2) is 5.78. The highest BCUT2D eigenvalue weighted by Crippen LogP contribution is 2.39. The van der Waals surface area contributed by atoms with Gasteiger partial charge in [0, 0.05) is 5.54 Å². The normalized spacial score (nSPS) is 24.9. The van der Waals surface area contributed by atoms with Crippen LogP contribution >= 0.6 is 12.2 Å². The van der Waals surface area contributed by atoms with E-state index in [0.29, 0.717) is 4.99 Å². The third-order valence-electron chi connectivity index (χ3n) is 5.23. The largest absolute Gasteiger partial charge is 0.392 e. The summed E-state index contributed by atoms with van der Waals surface area (Å²) in [7, 11) is 0. The second-order valence-electron chi connectivity index (χ2n) is 6.30. The van der Waals surface area contributed by atoms with Crippen molar-refractivity contribution in [1.82, 2.24) is 5.32 Å². The zero-order chi connectivity index (χ0) is 13.9. The molecule has 4 heteroatoms. The fraction of sp³-hybridized carbons (Fsp3) is 0.867. The van der Waals surface area contributed by atoms with Gasteiger partial charge in [-0.3, -0.25) is 4.79 Å². The predicted molar refractivity (Wildman–Crippen MR) is 81.9 cm³/mol. The summed E-state index contributed by atoms with van der Waals surface area (Å²) in [6.07, 6.45) is 10.6.